The Labute approximate surface area is 130 Å². The molecule has 0 fully saturated rings. The fourth-order valence-electron chi connectivity index (χ4n) is 1.70. The highest BCUT2D eigenvalue weighted by atomic mass is 79.9. The number of benzene rings is 2. The highest BCUT2D eigenvalue weighted by Crippen LogP contribution is 2.35. The van der Waals surface area contributed by atoms with E-state index in [0.29, 0.717) is 5.69 Å². The number of nitrogens with one attached hydrogen (secondary N) is 1. The molecule has 0 atom stereocenters. The van der Waals surface area contributed by atoms with Gasteiger partial charge in [0.15, 0.2) is 5.75 Å². The molecule has 0 unspecified atom stereocenters. The predicted molar refractivity (Wildman–Crippen MR) is 80.9 cm³/mol. The third-order valence-corrected chi connectivity index (χ3v) is 3.44. The number of hydrogen-bond acceptors (Lipinski definition) is 3. The molecule has 110 valence electrons. The molecule has 0 aliphatic rings. The third-order valence-electron chi connectivity index (χ3n) is 2.70. The number of hydrogen-bond donors (Lipinski definition) is 1. The molecule has 0 saturated heterocycles. The Morgan fingerprint density at radius 1 is 1.24 bits per heavy atom. The predicted octanol–water partition coefficient (Wildman–Crippen LogP) is 4.35. The van der Waals surface area contributed by atoms with Gasteiger partial charge in [-0.05, 0) is 33.6 Å². The van der Waals surface area contributed by atoms with Crippen LogP contribution in [0.1, 0.15) is 5.56 Å². The second-order valence-electron chi connectivity index (χ2n) is 4.13. The first kappa shape index (κ1) is 15.3. The largest absolute Gasteiger partial charge is 0.493 e. The van der Waals surface area contributed by atoms with Crippen molar-refractivity contribution in [1.82, 2.24) is 0 Å². The van der Waals surface area contributed by atoms with Crippen LogP contribution in [0, 0.1) is 5.82 Å². The molecule has 2 aromatic carbocycles. The van der Waals surface area contributed by atoms with Gasteiger partial charge in [-0.2, -0.15) is 0 Å². The summed E-state index contributed by atoms with van der Waals surface area (Å²) in [5.74, 6) is -0.276. The molecule has 1 N–H and O–H groups in total. The molecule has 0 heterocycles. The number of amides is 1. The van der Waals surface area contributed by atoms with Crippen LogP contribution >= 0.6 is 15.9 Å². The van der Waals surface area contributed by atoms with Crippen LogP contribution in [0.5, 0.6) is 5.75 Å². The van der Waals surface area contributed by atoms with Crippen molar-refractivity contribution in [3.8, 4) is 5.75 Å². The number of rotatable bonds is 4. The van der Waals surface area contributed by atoms with Crippen molar-refractivity contribution >= 4 is 27.7 Å². The number of methoxy groups -OCH3 is 1. The summed E-state index contributed by atoms with van der Waals surface area (Å²) < 4.78 is 23.7. The van der Waals surface area contributed by atoms with E-state index in [-0.39, 0.29) is 16.8 Å². The zero-order valence-electron chi connectivity index (χ0n) is 11.2. The molecule has 0 aromatic heterocycles. The fourth-order valence-corrected chi connectivity index (χ4v) is 2.21. The smallest absolute Gasteiger partial charge is 0.412 e. The summed E-state index contributed by atoms with van der Waals surface area (Å²) in [6.07, 6.45) is -0.643. The van der Waals surface area contributed by atoms with Crippen LogP contribution < -0.4 is 10.1 Å². The van der Waals surface area contributed by atoms with E-state index in [1.807, 2.05) is 30.3 Å². The quantitative estimate of drug-likeness (QED) is 0.888. The first-order valence-corrected chi connectivity index (χ1v) is 6.91. The van der Waals surface area contributed by atoms with Crippen LogP contribution in [0.4, 0.5) is 14.9 Å². The lowest BCUT2D eigenvalue weighted by Gasteiger charge is -2.12. The van der Waals surface area contributed by atoms with Gasteiger partial charge in [-0.1, -0.05) is 30.3 Å². The van der Waals surface area contributed by atoms with Crippen molar-refractivity contribution in [3.05, 3.63) is 58.3 Å². The van der Waals surface area contributed by atoms with E-state index in [0.717, 1.165) is 5.56 Å². The molecule has 0 radical (unpaired) electrons. The van der Waals surface area contributed by atoms with Crippen LogP contribution in [-0.4, -0.2) is 13.2 Å². The lowest BCUT2D eigenvalue weighted by atomic mass is 10.2. The summed E-state index contributed by atoms with van der Waals surface area (Å²) in [4.78, 5) is 11.8. The molecular formula is C15H13BrFNO3. The molecule has 1 amide bonds. The van der Waals surface area contributed by atoms with Crippen LogP contribution in [-0.2, 0) is 11.3 Å². The summed E-state index contributed by atoms with van der Waals surface area (Å²) in [6.45, 7) is 0.150. The third kappa shape index (κ3) is 3.95. The van der Waals surface area contributed by atoms with Gasteiger partial charge in [0.1, 0.15) is 12.4 Å². The normalized spacial score (nSPS) is 10.0. The zero-order valence-corrected chi connectivity index (χ0v) is 12.8. The van der Waals surface area contributed by atoms with Gasteiger partial charge in [-0.15, -0.1) is 0 Å². The molecule has 6 heteroatoms. The zero-order chi connectivity index (χ0) is 15.2. The van der Waals surface area contributed by atoms with Gasteiger partial charge in [0.2, 0.25) is 0 Å². The van der Waals surface area contributed by atoms with E-state index < -0.39 is 11.9 Å². The highest BCUT2D eigenvalue weighted by molar-refractivity contribution is 9.10. The monoisotopic (exact) mass is 353 g/mol. The molecular weight excluding hydrogens is 341 g/mol. The summed E-state index contributed by atoms with van der Waals surface area (Å²) in [6, 6.07) is 11.9. The van der Waals surface area contributed by atoms with E-state index >= 15 is 0 Å². The van der Waals surface area contributed by atoms with Gasteiger partial charge in [-0.25, -0.2) is 9.18 Å². The topological polar surface area (TPSA) is 47.6 Å². The molecule has 0 aliphatic heterocycles. The van der Waals surface area contributed by atoms with Crippen molar-refractivity contribution < 1.29 is 18.7 Å². The fraction of sp³-hybridized carbons (Fsp3) is 0.133. The Morgan fingerprint density at radius 3 is 2.62 bits per heavy atom. The lowest BCUT2D eigenvalue weighted by molar-refractivity contribution is 0.155. The number of ether oxygens (including phenoxy) is 2. The molecule has 0 spiro atoms. The van der Waals surface area contributed by atoms with Gasteiger partial charge in [0, 0.05) is 0 Å². The molecule has 2 aromatic rings. The average molecular weight is 354 g/mol. The maximum atomic E-state index is 13.4. The van der Waals surface area contributed by atoms with E-state index in [4.69, 9.17) is 9.47 Å². The SMILES string of the molecule is COc1c(NC(=O)OCc2ccccc2)ccc(F)c1Br. The molecule has 0 aliphatic carbocycles. The average Bonchev–Trinajstić information content (AvgIpc) is 2.50. The Bertz CT molecular complexity index is 634. The Kier molecular flexibility index (Phi) is 5.16. The number of halogens is 2. The minimum atomic E-state index is -0.643. The van der Waals surface area contributed by atoms with E-state index in [1.54, 1.807) is 0 Å². The minimum Gasteiger partial charge on any atom is -0.493 e. The van der Waals surface area contributed by atoms with Gasteiger partial charge in [0.25, 0.3) is 0 Å². The Balaban J connectivity index is 2.01. The van der Waals surface area contributed by atoms with Crippen molar-refractivity contribution in [1.29, 1.82) is 0 Å². The van der Waals surface area contributed by atoms with E-state index in [9.17, 15) is 9.18 Å². The first-order valence-electron chi connectivity index (χ1n) is 6.11. The van der Waals surface area contributed by atoms with Gasteiger partial charge < -0.3 is 9.47 Å². The lowest BCUT2D eigenvalue weighted by Crippen LogP contribution is -2.14. The van der Waals surface area contributed by atoms with Crippen LogP contribution in [0.15, 0.2) is 46.9 Å². The number of anilines is 1. The first-order chi connectivity index (χ1) is 10.1. The number of carbonyl (C=O) groups is 1. The van der Waals surface area contributed by atoms with Crippen molar-refractivity contribution in [2.45, 2.75) is 6.61 Å². The van der Waals surface area contributed by atoms with Gasteiger partial charge in [-0.3, -0.25) is 5.32 Å². The van der Waals surface area contributed by atoms with E-state index in [2.05, 4.69) is 21.2 Å². The maximum Gasteiger partial charge on any atom is 0.412 e. The molecule has 0 bridgehead atoms. The van der Waals surface area contributed by atoms with Crippen molar-refractivity contribution in [2.75, 3.05) is 12.4 Å². The molecule has 0 saturated carbocycles. The summed E-state index contributed by atoms with van der Waals surface area (Å²) in [7, 11) is 1.39. The van der Waals surface area contributed by atoms with Crippen molar-refractivity contribution in [3.63, 3.8) is 0 Å². The molecule has 4 nitrogen and oxygen atoms in total. The highest BCUT2D eigenvalue weighted by Gasteiger charge is 2.14. The van der Waals surface area contributed by atoms with E-state index in [1.165, 1.54) is 19.2 Å². The minimum absolute atomic E-state index is 0.144. The second-order valence-corrected chi connectivity index (χ2v) is 4.92. The number of carbonyl (C=O) groups excluding carboxylic acids is 1. The van der Waals surface area contributed by atoms with Gasteiger partial charge >= 0.3 is 6.09 Å². The van der Waals surface area contributed by atoms with Crippen LogP contribution in [0.3, 0.4) is 0 Å². The second kappa shape index (κ2) is 7.08. The van der Waals surface area contributed by atoms with Crippen LogP contribution in [0.2, 0.25) is 0 Å². The summed E-state index contributed by atoms with van der Waals surface area (Å²) in [5.41, 5.74) is 1.20. The standard InChI is InChI=1S/C15H13BrFNO3/c1-20-14-12(8-7-11(17)13(14)16)18-15(19)21-9-10-5-3-2-4-6-10/h2-8H,9H2,1H3,(H,18,19). The maximum absolute atomic E-state index is 13.4. The van der Waals surface area contributed by atoms with Crippen LogP contribution in [0.25, 0.3) is 0 Å². The summed E-state index contributed by atoms with van der Waals surface area (Å²) in [5, 5.41) is 2.52. The Morgan fingerprint density at radius 2 is 1.95 bits per heavy atom. The van der Waals surface area contributed by atoms with Gasteiger partial charge in [0.05, 0.1) is 17.3 Å². The van der Waals surface area contributed by atoms with Crippen molar-refractivity contribution in [2.24, 2.45) is 0 Å². The molecule has 21 heavy (non-hydrogen) atoms. The molecule has 2 rings (SSSR count). The summed E-state index contributed by atoms with van der Waals surface area (Å²) >= 11 is 3.06. The Hall–Kier alpha value is -2.08.